The van der Waals surface area contributed by atoms with Gasteiger partial charge in [0, 0.05) is 5.54 Å². The highest BCUT2D eigenvalue weighted by Gasteiger charge is 2.32. The van der Waals surface area contributed by atoms with Gasteiger partial charge in [0.2, 0.25) is 0 Å². The van der Waals surface area contributed by atoms with Crippen molar-refractivity contribution in [1.82, 2.24) is 5.32 Å². The van der Waals surface area contributed by atoms with Crippen LogP contribution in [-0.4, -0.2) is 12.1 Å². The van der Waals surface area contributed by atoms with E-state index in [1.54, 1.807) is 13.0 Å². The summed E-state index contributed by atoms with van der Waals surface area (Å²) in [6.07, 6.45) is -3.41. The molecule has 0 aliphatic heterocycles. The van der Waals surface area contributed by atoms with E-state index in [4.69, 9.17) is 0 Å². The average molecular weight is 301 g/mol. The van der Waals surface area contributed by atoms with E-state index >= 15 is 0 Å². The van der Waals surface area contributed by atoms with Crippen LogP contribution in [0, 0.1) is 6.92 Å². The van der Waals surface area contributed by atoms with Crippen LogP contribution in [0.2, 0.25) is 0 Å². The third-order valence-corrected chi connectivity index (χ3v) is 3.69. The molecule has 0 aromatic heterocycles. The summed E-state index contributed by atoms with van der Waals surface area (Å²) >= 11 is 0. The zero-order valence-corrected chi connectivity index (χ0v) is 13.8. The number of benzene rings is 1. The summed E-state index contributed by atoms with van der Waals surface area (Å²) in [4.78, 5) is 0. The maximum atomic E-state index is 12.7. The molecule has 1 N–H and O–H groups in total. The molecule has 0 aliphatic carbocycles. The van der Waals surface area contributed by atoms with Gasteiger partial charge in [-0.1, -0.05) is 19.9 Å². The largest absolute Gasteiger partial charge is 0.416 e. The van der Waals surface area contributed by atoms with Gasteiger partial charge in [-0.05, 0) is 69.3 Å². The van der Waals surface area contributed by atoms with Crippen LogP contribution in [0.25, 0.3) is 0 Å². The zero-order chi connectivity index (χ0) is 16.5. The van der Waals surface area contributed by atoms with E-state index in [0.29, 0.717) is 5.56 Å². The van der Waals surface area contributed by atoms with Crippen LogP contribution >= 0.6 is 0 Å². The number of halogens is 3. The molecule has 0 bridgehead atoms. The lowest BCUT2D eigenvalue weighted by molar-refractivity contribution is -0.137. The van der Waals surface area contributed by atoms with Crippen LogP contribution in [0.1, 0.15) is 57.7 Å². The van der Waals surface area contributed by atoms with Crippen molar-refractivity contribution in [3.05, 3.63) is 34.9 Å². The number of hydrogen-bond acceptors (Lipinski definition) is 1. The highest BCUT2D eigenvalue weighted by molar-refractivity contribution is 5.37. The fourth-order valence-electron chi connectivity index (χ4n) is 2.48. The van der Waals surface area contributed by atoms with Gasteiger partial charge >= 0.3 is 6.18 Å². The van der Waals surface area contributed by atoms with Crippen LogP contribution < -0.4 is 5.32 Å². The van der Waals surface area contributed by atoms with Crippen molar-refractivity contribution < 1.29 is 13.2 Å². The van der Waals surface area contributed by atoms with E-state index in [9.17, 15) is 13.2 Å². The van der Waals surface area contributed by atoms with Gasteiger partial charge in [0.05, 0.1) is 5.56 Å². The first-order chi connectivity index (χ1) is 9.33. The molecule has 4 heteroatoms. The Morgan fingerprint density at radius 1 is 1.00 bits per heavy atom. The monoisotopic (exact) mass is 301 g/mol. The minimum Gasteiger partial charge on any atom is -0.312 e. The first-order valence-corrected chi connectivity index (χ1v) is 7.26. The molecule has 0 heterocycles. The van der Waals surface area contributed by atoms with Gasteiger partial charge in [-0.3, -0.25) is 0 Å². The number of aryl methyl sites for hydroxylation is 1. The molecule has 1 aromatic rings. The minimum absolute atomic E-state index is 0.0469. The highest BCUT2D eigenvalue weighted by Crippen LogP contribution is 2.35. The molecule has 0 fully saturated rings. The Morgan fingerprint density at radius 3 is 2.00 bits per heavy atom. The number of rotatable bonds is 4. The molecule has 120 valence electrons. The Hall–Kier alpha value is -1.03. The third kappa shape index (κ3) is 5.34. The molecule has 1 nitrogen and oxygen atoms in total. The molecule has 0 saturated carbocycles. The van der Waals surface area contributed by atoms with Crippen LogP contribution in [0.5, 0.6) is 0 Å². The predicted octanol–water partition coefficient (Wildman–Crippen LogP) is 5.07. The molecular formula is C17H26F3N. The summed E-state index contributed by atoms with van der Waals surface area (Å²) in [7, 11) is 0. The minimum atomic E-state index is -4.28. The van der Waals surface area contributed by atoms with Gasteiger partial charge in [0.15, 0.2) is 0 Å². The molecule has 1 rings (SSSR count). The number of hydrogen-bond donors (Lipinski definition) is 1. The molecule has 0 aliphatic rings. The normalized spacial score (nSPS) is 13.6. The second-order valence-electron chi connectivity index (χ2n) is 7.34. The van der Waals surface area contributed by atoms with E-state index < -0.39 is 11.7 Å². The van der Waals surface area contributed by atoms with Gasteiger partial charge < -0.3 is 5.32 Å². The molecule has 21 heavy (non-hydrogen) atoms. The Balaban J connectivity index is 2.88. The Morgan fingerprint density at radius 2 is 1.57 bits per heavy atom. The zero-order valence-electron chi connectivity index (χ0n) is 13.8. The van der Waals surface area contributed by atoms with Gasteiger partial charge in [-0.15, -0.1) is 0 Å². The highest BCUT2D eigenvalue weighted by atomic mass is 19.4. The van der Waals surface area contributed by atoms with Crippen molar-refractivity contribution in [2.24, 2.45) is 0 Å². The fourth-order valence-corrected chi connectivity index (χ4v) is 2.48. The molecule has 0 amide bonds. The van der Waals surface area contributed by atoms with Crippen molar-refractivity contribution in [1.29, 1.82) is 0 Å². The number of alkyl halides is 3. The molecule has 0 atom stereocenters. The Bertz CT molecular complexity index is 482. The van der Waals surface area contributed by atoms with E-state index in [0.717, 1.165) is 18.5 Å². The van der Waals surface area contributed by atoms with Crippen LogP contribution in [0.4, 0.5) is 13.2 Å². The molecule has 0 unspecified atom stereocenters. The molecule has 1 aromatic carbocycles. The lowest BCUT2D eigenvalue weighted by atomic mass is 9.78. The van der Waals surface area contributed by atoms with Gasteiger partial charge in [0.25, 0.3) is 0 Å². The van der Waals surface area contributed by atoms with Crippen molar-refractivity contribution >= 4 is 0 Å². The standard InChI is InChI=1S/C17H26F3N/c1-12-11-13(17(18,19)20)7-8-14(12)16(5,6)9-10-21-15(2,3)4/h7-8,11,21H,9-10H2,1-6H3. The second-order valence-corrected chi connectivity index (χ2v) is 7.34. The molecular weight excluding hydrogens is 275 g/mol. The summed E-state index contributed by atoms with van der Waals surface area (Å²) in [6, 6.07) is 4.05. The lowest BCUT2D eigenvalue weighted by Crippen LogP contribution is -2.38. The van der Waals surface area contributed by atoms with Crippen LogP contribution in [-0.2, 0) is 11.6 Å². The van der Waals surface area contributed by atoms with E-state index in [1.807, 2.05) is 0 Å². The van der Waals surface area contributed by atoms with Crippen molar-refractivity contribution in [2.75, 3.05) is 6.54 Å². The fraction of sp³-hybridized carbons (Fsp3) is 0.647. The summed E-state index contributed by atoms with van der Waals surface area (Å²) < 4.78 is 38.2. The first kappa shape index (κ1) is 18.0. The molecule has 0 spiro atoms. The second kappa shape index (κ2) is 5.99. The van der Waals surface area contributed by atoms with E-state index in [1.165, 1.54) is 12.1 Å². The third-order valence-electron chi connectivity index (χ3n) is 3.69. The summed E-state index contributed by atoms with van der Waals surface area (Å²) in [5.41, 5.74) is 0.988. The summed E-state index contributed by atoms with van der Waals surface area (Å²) in [5, 5.41) is 3.42. The van der Waals surface area contributed by atoms with Gasteiger partial charge in [0.1, 0.15) is 0 Å². The van der Waals surface area contributed by atoms with E-state index in [2.05, 4.69) is 39.9 Å². The summed E-state index contributed by atoms with van der Waals surface area (Å²) in [6.45, 7) is 13.0. The Labute approximate surface area is 125 Å². The van der Waals surface area contributed by atoms with Crippen molar-refractivity contribution in [3.63, 3.8) is 0 Å². The molecule has 0 saturated heterocycles. The quantitative estimate of drug-likeness (QED) is 0.818. The smallest absolute Gasteiger partial charge is 0.312 e. The SMILES string of the molecule is Cc1cc(C(F)(F)F)ccc1C(C)(C)CCNC(C)(C)C. The topological polar surface area (TPSA) is 12.0 Å². The first-order valence-electron chi connectivity index (χ1n) is 7.26. The maximum absolute atomic E-state index is 12.7. The van der Waals surface area contributed by atoms with Crippen molar-refractivity contribution in [2.45, 2.75) is 65.1 Å². The molecule has 0 radical (unpaired) electrons. The number of nitrogens with one attached hydrogen (secondary N) is 1. The van der Waals surface area contributed by atoms with Crippen LogP contribution in [0.3, 0.4) is 0 Å². The van der Waals surface area contributed by atoms with Gasteiger partial charge in [-0.2, -0.15) is 13.2 Å². The van der Waals surface area contributed by atoms with Crippen LogP contribution in [0.15, 0.2) is 18.2 Å². The Kier molecular flexibility index (Phi) is 5.14. The van der Waals surface area contributed by atoms with E-state index in [-0.39, 0.29) is 11.0 Å². The maximum Gasteiger partial charge on any atom is 0.416 e. The average Bonchev–Trinajstić information content (AvgIpc) is 2.24. The van der Waals surface area contributed by atoms with Gasteiger partial charge in [-0.25, -0.2) is 0 Å². The predicted molar refractivity (Wildman–Crippen MR) is 81.6 cm³/mol. The van der Waals surface area contributed by atoms with Crippen molar-refractivity contribution in [3.8, 4) is 0 Å². The summed E-state index contributed by atoms with van der Waals surface area (Å²) in [5.74, 6) is 0. The lowest BCUT2D eigenvalue weighted by Gasteiger charge is -2.30.